The average molecular weight is 460 g/mol. The van der Waals surface area contributed by atoms with Gasteiger partial charge in [0.05, 0.1) is 18.5 Å². The number of aliphatic hydroxyl groups is 3. The Hall–Kier alpha value is -1.86. The highest BCUT2D eigenvalue weighted by Crippen LogP contribution is 2.56. The van der Waals surface area contributed by atoms with Crippen molar-refractivity contribution in [3.63, 3.8) is 0 Å². The van der Waals surface area contributed by atoms with Crippen molar-refractivity contribution in [1.82, 2.24) is 19.5 Å². The van der Waals surface area contributed by atoms with Gasteiger partial charge < -0.3 is 40.5 Å². The fraction of sp³-hybridized carbons (Fsp3) is 0.706. The number of nitrogens with one attached hydrogen (secondary N) is 1. The first-order valence-electron chi connectivity index (χ1n) is 9.85. The lowest BCUT2D eigenvalue weighted by atomic mass is 10.1. The van der Waals surface area contributed by atoms with Crippen LogP contribution in [0.15, 0.2) is 6.33 Å². The first-order chi connectivity index (χ1) is 14.4. The molecule has 3 heterocycles. The van der Waals surface area contributed by atoms with E-state index in [2.05, 4.69) is 20.3 Å². The molecule has 0 amide bonds. The lowest BCUT2D eigenvalue weighted by Gasteiger charge is -2.30. The van der Waals surface area contributed by atoms with Crippen LogP contribution in [0, 0.1) is 0 Å². The maximum absolute atomic E-state index is 12.4. The zero-order chi connectivity index (χ0) is 23.1. The molecule has 7 atom stereocenters. The molecule has 0 radical (unpaired) electrons. The van der Waals surface area contributed by atoms with Gasteiger partial charge >= 0.3 is 7.60 Å². The van der Waals surface area contributed by atoms with E-state index in [4.69, 9.17) is 15.0 Å². The van der Waals surface area contributed by atoms with E-state index in [1.54, 1.807) is 14.0 Å². The number of hydrogen-bond donors (Lipinski definition) is 6. The van der Waals surface area contributed by atoms with E-state index in [0.717, 1.165) is 0 Å². The normalized spacial score (nSPS) is 28.9. The molecule has 14 heteroatoms. The molecular formula is C17H29N6O7P. The first kappa shape index (κ1) is 23.8. The summed E-state index contributed by atoms with van der Waals surface area (Å²) in [6, 6.07) is 0. The fourth-order valence-electron chi connectivity index (χ4n) is 3.38. The average Bonchev–Trinajstić information content (AvgIpc) is 3.22. The Balaban J connectivity index is 1.79. The molecule has 13 nitrogen and oxygen atoms in total. The third-order valence-corrected chi connectivity index (χ3v) is 7.63. The SMILES string of the molecule is CCC(C)(O)P(=O)(O)OC(C)C[C@H]1O[C@@H](n2cnc3c(NC)nc(N)nc32)[C@H](O)[C@@H]1O. The smallest absolute Gasteiger partial charge is 0.359 e. The highest BCUT2D eigenvalue weighted by molar-refractivity contribution is 7.54. The van der Waals surface area contributed by atoms with Gasteiger partial charge in [0.25, 0.3) is 0 Å². The second-order valence-corrected chi connectivity index (χ2v) is 10.0. The van der Waals surface area contributed by atoms with Crippen LogP contribution in [0.1, 0.15) is 39.8 Å². The predicted molar refractivity (Wildman–Crippen MR) is 111 cm³/mol. The number of nitrogens with zero attached hydrogens (tertiary/aromatic N) is 4. The number of nitrogens with two attached hydrogens (primary N) is 1. The number of imidazole rings is 1. The third kappa shape index (κ3) is 4.40. The van der Waals surface area contributed by atoms with Crippen molar-refractivity contribution >= 4 is 30.5 Å². The molecule has 0 aliphatic carbocycles. The van der Waals surface area contributed by atoms with E-state index in [1.807, 2.05) is 0 Å². The molecule has 3 rings (SSSR count). The molecule has 174 valence electrons. The van der Waals surface area contributed by atoms with E-state index in [9.17, 15) is 24.8 Å². The van der Waals surface area contributed by atoms with Crippen LogP contribution in [0.5, 0.6) is 0 Å². The van der Waals surface area contributed by atoms with Crippen LogP contribution in [-0.2, 0) is 13.8 Å². The van der Waals surface area contributed by atoms with Crippen LogP contribution in [0.2, 0.25) is 0 Å². The molecule has 3 unspecified atom stereocenters. The van der Waals surface area contributed by atoms with Crippen molar-refractivity contribution in [1.29, 1.82) is 0 Å². The Kier molecular flexibility index (Phi) is 6.59. The van der Waals surface area contributed by atoms with Crippen LogP contribution >= 0.6 is 7.60 Å². The Bertz CT molecular complexity index is 985. The molecule has 0 saturated carbocycles. The van der Waals surface area contributed by atoms with E-state index >= 15 is 0 Å². The summed E-state index contributed by atoms with van der Waals surface area (Å²) in [6.07, 6.45) is -4.03. The zero-order valence-electron chi connectivity index (χ0n) is 17.7. The van der Waals surface area contributed by atoms with Gasteiger partial charge in [0.1, 0.15) is 12.2 Å². The van der Waals surface area contributed by atoms with Gasteiger partial charge in [0.2, 0.25) is 5.95 Å². The largest absolute Gasteiger partial charge is 0.388 e. The molecular weight excluding hydrogens is 431 g/mol. The molecule has 0 bridgehead atoms. The van der Waals surface area contributed by atoms with Gasteiger partial charge in [-0.2, -0.15) is 9.97 Å². The maximum Gasteiger partial charge on any atom is 0.359 e. The molecule has 2 aromatic rings. The molecule has 1 aliphatic heterocycles. The summed E-state index contributed by atoms with van der Waals surface area (Å²) in [4.78, 5) is 22.5. The predicted octanol–water partition coefficient (Wildman–Crippen LogP) is 0.168. The van der Waals surface area contributed by atoms with Gasteiger partial charge in [0.15, 0.2) is 28.6 Å². The van der Waals surface area contributed by atoms with E-state index in [1.165, 1.54) is 24.7 Å². The van der Waals surface area contributed by atoms with Gasteiger partial charge in [-0.25, -0.2) is 4.98 Å². The number of rotatable bonds is 8. The number of fused-ring (bicyclic) bond motifs is 1. The van der Waals surface area contributed by atoms with E-state index in [0.29, 0.717) is 17.0 Å². The summed E-state index contributed by atoms with van der Waals surface area (Å²) in [5.74, 6) is 0.390. The Labute approximate surface area is 178 Å². The summed E-state index contributed by atoms with van der Waals surface area (Å²) in [5, 5.41) is 32.1. The van der Waals surface area contributed by atoms with Crippen molar-refractivity contribution in [3.8, 4) is 0 Å². The molecule has 1 saturated heterocycles. The lowest BCUT2D eigenvalue weighted by Crippen LogP contribution is -2.34. The molecule has 0 aromatic carbocycles. The highest BCUT2D eigenvalue weighted by atomic mass is 31.2. The van der Waals surface area contributed by atoms with Crippen LogP contribution in [0.4, 0.5) is 11.8 Å². The maximum atomic E-state index is 12.4. The minimum absolute atomic E-state index is 0.00752. The minimum Gasteiger partial charge on any atom is -0.388 e. The summed E-state index contributed by atoms with van der Waals surface area (Å²) in [6.45, 7) is 4.30. The number of nitrogen functional groups attached to an aromatic ring is 1. The van der Waals surface area contributed by atoms with Crippen molar-refractivity contribution in [2.24, 2.45) is 0 Å². The van der Waals surface area contributed by atoms with E-state index < -0.39 is 43.6 Å². The van der Waals surface area contributed by atoms with Crippen molar-refractivity contribution < 1.29 is 34.0 Å². The molecule has 2 aromatic heterocycles. The summed E-state index contributed by atoms with van der Waals surface area (Å²) >= 11 is 0. The van der Waals surface area contributed by atoms with Crippen molar-refractivity contribution in [2.75, 3.05) is 18.1 Å². The molecule has 31 heavy (non-hydrogen) atoms. The van der Waals surface area contributed by atoms with Gasteiger partial charge in [-0.1, -0.05) is 6.92 Å². The number of aromatic nitrogens is 4. The zero-order valence-corrected chi connectivity index (χ0v) is 18.6. The summed E-state index contributed by atoms with van der Waals surface area (Å²) in [5.41, 5.74) is 6.45. The van der Waals surface area contributed by atoms with Crippen LogP contribution in [0.3, 0.4) is 0 Å². The molecule has 7 N–H and O–H groups in total. The number of ether oxygens (including phenoxy) is 1. The Morgan fingerprint density at radius 2 is 2.10 bits per heavy atom. The number of aliphatic hydroxyl groups excluding tert-OH is 2. The van der Waals surface area contributed by atoms with Gasteiger partial charge in [-0.3, -0.25) is 9.13 Å². The van der Waals surface area contributed by atoms with Crippen molar-refractivity contribution in [3.05, 3.63) is 6.33 Å². The number of anilines is 2. The Morgan fingerprint density at radius 1 is 1.42 bits per heavy atom. The monoisotopic (exact) mass is 460 g/mol. The molecule has 1 aliphatic rings. The van der Waals surface area contributed by atoms with Crippen LogP contribution in [-0.4, -0.2) is 76.5 Å². The Morgan fingerprint density at radius 3 is 2.71 bits per heavy atom. The molecule has 0 spiro atoms. The summed E-state index contributed by atoms with van der Waals surface area (Å²) < 4.78 is 24.9. The second kappa shape index (κ2) is 8.58. The van der Waals surface area contributed by atoms with Crippen LogP contribution in [0.25, 0.3) is 11.2 Å². The first-order valence-corrected chi connectivity index (χ1v) is 11.4. The lowest BCUT2D eigenvalue weighted by molar-refractivity contribution is -0.0471. The topological polar surface area (TPSA) is 198 Å². The van der Waals surface area contributed by atoms with E-state index in [-0.39, 0.29) is 18.8 Å². The highest BCUT2D eigenvalue weighted by Gasteiger charge is 2.47. The van der Waals surface area contributed by atoms with Crippen molar-refractivity contribution in [2.45, 2.75) is 69.6 Å². The van der Waals surface area contributed by atoms with Crippen LogP contribution < -0.4 is 11.1 Å². The van der Waals surface area contributed by atoms with Gasteiger partial charge in [-0.05, 0) is 20.3 Å². The molecule has 1 fully saturated rings. The van der Waals surface area contributed by atoms with Gasteiger partial charge in [-0.15, -0.1) is 0 Å². The second-order valence-electron chi connectivity index (χ2n) is 7.79. The third-order valence-electron chi connectivity index (χ3n) is 5.45. The van der Waals surface area contributed by atoms with Gasteiger partial charge in [0, 0.05) is 13.5 Å². The summed E-state index contributed by atoms with van der Waals surface area (Å²) in [7, 11) is -2.70. The quantitative estimate of drug-likeness (QED) is 0.292. The standard InChI is InChI=1S/C17H29N6O7P/c1-5-17(3,26)31(27,28)30-8(2)6-9-11(24)12(25)15(29-9)23-7-20-10-13(19-4)21-16(18)22-14(10)23/h7-9,11-12,15,24-26H,5-6H2,1-4H3,(H,27,28)(H3,18,19,21,22)/t8?,9-,11-,12-,15-,17?/m1/s1. The minimum atomic E-state index is -4.35. The fourth-order valence-corrected chi connectivity index (χ4v) is 4.58. The number of hydrogen-bond acceptors (Lipinski definition) is 11.